The highest BCUT2D eigenvalue weighted by molar-refractivity contribution is 5.78. The van der Waals surface area contributed by atoms with Crippen molar-refractivity contribution >= 4 is 18.1 Å². The van der Waals surface area contributed by atoms with Crippen LogP contribution >= 0.6 is 0 Å². The van der Waals surface area contributed by atoms with Crippen molar-refractivity contribution in [2.45, 2.75) is 33.4 Å². The minimum Gasteiger partial charge on any atom is -0.480 e. The third-order valence-electron chi connectivity index (χ3n) is 5.22. The first-order valence-corrected chi connectivity index (χ1v) is 9.84. The van der Waals surface area contributed by atoms with Crippen LogP contribution in [0.2, 0.25) is 0 Å². The molecule has 0 radical (unpaired) electrons. The van der Waals surface area contributed by atoms with Gasteiger partial charge in [-0.2, -0.15) is 0 Å². The summed E-state index contributed by atoms with van der Waals surface area (Å²) in [6, 6.07) is 22.5. The van der Waals surface area contributed by atoms with E-state index in [0.717, 1.165) is 11.1 Å². The molecule has 3 aromatic rings. The van der Waals surface area contributed by atoms with Crippen LogP contribution in [-0.4, -0.2) is 17.1 Å². The molecule has 0 heterocycles. The number of carboxylic acids is 1. The Morgan fingerprint density at radius 3 is 2.38 bits per heavy atom. The smallest absolute Gasteiger partial charge is 0.320 e. The van der Waals surface area contributed by atoms with Gasteiger partial charge in [0.15, 0.2) is 0 Å². The highest BCUT2D eigenvalue weighted by atomic mass is 16.4. The third kappa shape index (κ3) is 5.21. The van der Waals surface area contributed by atoms with Gasteiger partial charge in [0.25, 0.3) is 0 Å². The second kappa shape index (κ2) is 9.35. The molecule has 29 heavy (non-hydrogen) atoms. The number of aryl methyl sites for hydroxylation is 1. The molecule has 3 rings (SSSR count). The fourth-order valence-corrected chi connectivity index (χ4v) is 3.34. The van der Waals surface area contributed by atoms with Crippen LogP contribution in [0.4, 0.5) is 0 Å². The number of carbonyl (C=O) groups is 1. The van der Waals surface area contributed by atoms with Gasteiger partial charge in [-0.25, -0.2) is 0 Å². The molecule has 0 aliphatic heterocycles. The lowest BCUT2D eigenvalue weighted by Gasteiger charge is -2.11. The number of hydrogen-bond acceptors (Lipinski definition) is 2. The maximum absolute atomic E-state index is 10.9. The molecule has 0 unspecified atom stereocenters. The number of aliphatic carboxylic acids is 1. The molecule has 0 aliphatic rings. The van der Waals surface area contributed by atoms with Gasteiger partial charge in [-0.05, 0) is 59.7 Å². The second-order valence-electron chi connectivity index (χ2n) is 7.35. The van der Waals surface area contributed by atoms with Crippen LogP contribution < -0.4 is 5.32 Å². The molecule has 0 bridgehead atoms. The molecule has 0 aromatic heterocycles. The van der Waals surface area contributed by atoms with Crippen LogP contribution in [0.25, 0.3) is 23.3 Å². The van der Waals surface area contributed by atoms with Crippen LogP contribution in [0.5, 0.6) is 0 Å². The Kier molecular flexibility index (Phi) is 6.63. The van der Waals surface area contributed by atoms with Crippen LogP contribution in [0.3, 0.4) is 0 Å². The zero-order chi connectivity index (χ0) is 20.8. The standard InChI is InChI=1S/C26H27NO2/c1-18-16-21(17-27-20(3)26(28)29)12-13-22(18)14-15-23-10-7-11-25(19(23)2)24-8-5-4-6-9-24/h4-16,20,27H,17H2,1-3H3,(H,28,29)/b15-14+/t20-/m1/s1. The van der Waals surface area contributed by atoms with Crippen LogP contribution in [0, 0.1) is 13.8 Å². The van der Waals surface area contributed by atoms with Gasteiger partial charge < -0.3 is 10.4 Å². The van der Waals surface area contributed by atoms with Gasteiger partial charge in [-0.1, -0.05) is 78.9 Å². The van der Waals surface area contributed by atoms with Crippen molar-refractivity contribution in [2.75, 3.05) is 0 Å². The molecule has 1 atom stereocenters. The van der Waals surface area contributed by atoms with E-state index in [4.69, 9.17) is 5.11 Å². The average Bonchev–Trinajstić information content (AvgIpc) is 2.72. The fourth-order valence-electron chi connectivity index (χ4n) is 3.34. The Hall–Kier alpha value is -3.17. The van der Waals surface area contributed by atoms with Gasteiger partial charge in [-0.15, -0.1) is 0 Å². The van der Waals surface area contributed by atoms with Crippen molar-refractivity contribution in [3.05, 3.63) is 94.5 Å². The van der Waals surface area contributed by atoms with Gasteiger partial charge in [0, 0.05) is 6.54 Å². The summed E-state index contributed by atoms with van der Waals surface area (Å²) in [5.41, 5.74) is 8.34. The summed E-state index contributed by atoms with van der Waals surface area (Å²) in [5.74, 6) is -0.839. The van der Waals surface area contributed by atoms with Crippen molar-refractivity contribution in [3.63, 3.8) is 0 Å². The van der Waals surface area contributed by atoms with Gasteiger partial charge in [-0.3, -0.25) is 4.79 Å². The minimum atomic E-state index is -0.839. The highest BCUT2D eigenvalue weighted by Gasteiger charge is 2.09. The van der Waals surface area contributed by atoms with Crippen molar-refractivity contribution in [1.29, 1.82) is 0 Å². The SMILES string of the molecule is Cc1cc(CN[C@H](C)C(=O)O)ccc1/C=C/c1cccc(-c2ccccc2)c1C. The molecule has 0 saturated carbocycles. The lowest BCUT2D eigenvalue weighted by molar-refractivity contribution is -0.139. The summed E-state index contributed by atoms with van der Waals surface area (Å²) >= 11 is 0. The largest absolute Gasteiger partial charge is 0.480 e. The maximum atomic E-state index is 10.9. The molecule has 148 valence electrons. The molecular formula is C26H27NO2. The first kappa shape index (κ1) is 20.6. The molecule has 3 aromatic carbocycles. The third-order valence-corrected chi connectivity index (χ3v) is 5.22. The Labute approximate surface area is 172 Å². The van der Waals surface area contributed by atoms with E-state index in [2.05, 4.69) is 85.9 Å². The quantitative estimate of drug-likeness (QED) is 0.513. The zero-order valence-electron chi connectivity index (χ0n) is 17.1. The van der Waals surface area contributed by atoms with Crippen LogP contribution in [0.15, 0.2) is 66.7 Å². The molecule has 2 N–H and O–H groups in total. The van der Waals surface area contributed by atoms with Crippen molar-refractivity contribution in [2.24, 2.45) is 0 Å². The van der Waals surface area contributed by atoms with Gasteiger partial charge in [0.1, 0.15) is 6.04 Å². The molecule has 0 saturated heterocycles. The van der Waals surface area contributed by atoms with E-state index in [1.165, 1.54) is 27.8 Å². The first-order chi connectivity index (χ1) is 14.0. The predicted molar refractivity (Wildman–Crippen MR) is 121 cm³/mol. The fraction of sp³-hybridized carbons (Fsp3) is 0.192. The van der Waals surface area contributed by atoms with Crippen LogP contribution in [0.1, 0.15) is 34.7 Å². The van der Waals surface area contributed by atoms with Crippen LogP contribution in [-0.2, 0) is 11.3 Å². The average molecular weight is 386 g/mol. The number of rotatable bonds is 7. The number of carboxylic acid groups (broad SMARTS) is 1. The Balaban J connectivity index is 1.77. The van der Waals surface area contributed by atoms with E-state index in [1.54, 1.807) is 6.92 Å². The number of nitrogens with one attached hydrogen (secondary N) is 1. The van der Waals surface area contributed by atoms with Crippen molar-refractivity contribution in [3.8, 4) is 11.1 Å². The predicted octanol–water partition coefficient (Wildman–Crippen LogP) is 5.70. The molecule has 0 aliphatic carbocycles. The Morgan fingerprint density at radius 1 is 0.966 bits per heavy atom. The summed E-state index contributed by atoms with van der Waals surface area (Å²) < 4.78 is 0. The van der Waals surface area contributed by atoms with E-state index in [0.29, 0.717) is 6.54 Å². The number of hydrogen-bond donors (Lipinski definition) is 2. The summed E-state index contributed by atoms with van der Waals surface area (Å²) in [6.45, 7) is 6.43. The summed E-state index contributed by atoms with van der Waals surface area (Å²) in [6.07, 6.45) is 4.30. The molecule has 0 amide bonds. The lowest BCUT2D eigenvalue weighted by Crippen LogP contribution is -2.33. The molecule has 0 spiro atoms. The zero-order valence-corrected chi connectivity index (χ0v) is 17.1. The minimum absolute atomic E-state index is 0.538. The van der Waals surface area contributed by atoms with E-state index in [-0.39, 0.29) is 0 Å². The molecule has 3 heteroatoms. The van der Waals surface area contributed by atoms with E-state index in [1.807, 2.05) is 12.1 Å². The summed E-state index contributed by atoms with van der Waals surface area (Å²) in [4.78, 5) is 10.9. The first-order valence-electron chi connectivity index (χ1n) is 9.84. The van der Waals surface area contributed by atoms with Gasteiger partial charge in [0.2, 0.25) is 0 Å². The summed E-state index contributed by atoms with van der Waals surface area (Å²) in [5, 5.41) is 12.0. The molecule has 0 fully saturated rings. The topological polar surface area (TPSA) is 49.3 Å². The highest BCUT2D eigenvalue weighted by Crippen LogP contribution is 2.27. The van der Waals surface area contributed by atoms with Crippen molar-refractivity contribution in [1.82, 2.24) is 5.32 Å². The van der Waals surface area contributed by atoms with Gasteiger partial charge >= 0.3 is 5.97 Å². The summed E-state index contributed by atoms with van der Waals surface area (Å²) in [7, 11) is 0. The number of benzene rings is 3. The monoisotopic (exact) mass is 385 g/mol. The van der Waals surface area contributed by atoms with E-state index in [9.17, 15) is 4.79 Å². The molecular weight excluding hydrogens is 358 g/mol. The maximum Gasteiger partial charge on any atom is 0.320 e. The second-order valence-corrected chi connectivity index (χ2v) is 7.35. The molecule has 3 nitrogen and oxygen atoms in total. The Morgan fingerprint density at radius 2 is 1.69 bits per heavy atom. The normalized spacial score (nSPS) is 12.2. The van der Waals surface area contributed by atoms with E-state index >= 15 is 0 Å². The van der Waals surface area contributed by atoms with Gasteiger partial charge in [0.05, 0.1) is 0 Å². The van der Waals surface area contributed by atoms with Crippen molar-refractivity contribution < 1.29 is 9.90 Å². The van der Waals surface area contributed by atoms with E-state index < -0.39 is 12.0 Å². The lowest BCUT2D eigenvalue weighted by atomic mass is 9.95. The Bertz CT molecular complexity index is 1020.